The Bertz CT molecular complexity index is 1310. The van der Waals surface area contributed by atoms with Crippen LogP contribution in [0.15, 0.2) is 53.1 Å². The predicted octanol–water partition coefficient (Wildman–Crippen LogP) is 5.17. The fourth-order valence-corrected chi connectivity index (χ4v) is 4.03. The number of nitrogens with zero attached hydrogens (tertiary/aromatic N) is 2. The molecule has 1 aliphatic heterocycles. The number of aryl methyl sites for hydroxylation is 1. The molecule has 1 amide bonds. The molecule has 0 saturated heterocycles. The van der Waals surface area contributed by atoms with Crippen LogP contribution in [0.5, 0.6) is 11.5 Å². The molecule has 7 heteroatoms. The molecule has 0 bridgehead atoms. The Morgan fingerprint density at radius 3 is 2.81 bits per heavy atom. The highest BCUT2D eigenvalue weighted by molar-refractivity contribution is 6.13. The summed E-state index contributed by atoms with van der Waals surface area (Å²) < 4.78 is 17.1. The number of amides is 1. The fraction of sp³-hybridized carbons (Fsp3) is 0.240. The van der Waals surface area contributed by atoms with Gasteiger partial charge in [0.25, 0.3) is 11.6 Å². The van der Waals surface area contributed by atoms with E-state index in [1.807, 2.05) is 56.3 Å². The normalized spacial score (nSPS) is 14.8. The maximum Gasteiger partial charge on any atom is 0.259 e. The summed E-state index contributed by atoms with van der Waals surface area (Å²) in [5.41, 5.74) is 4.52. The van der Waals surface area contributed by atoms with Crippen LogP contribution in [-0.4, -0.2) is 28.8 Å². The Balaban J connectivity index is 1.57. The van der Waals surface area contributed by atoms with Crippen molar-refractivity contribution in [2.75, 3.05) is 11.9 Å². The molecule has 5 rings (SSSR count). The number of rotatable bonds is 5. The number of fused-ring (bicyclic) bond motifs is 2. The molecule has 1 atom stereocenters. The van der Waals surface area contributed by atoms with Crippen LogP contribution in [0.4, 0.5) is 5.69 Å². The van der Waals surface area contributed by atoms with Crippen LogP contribution in [0, 0.1) is 6.92 Å². The van der Waals surface area contributed by atoms with E-state index in [-0.39, 0.29) is 12.0 Å². The lowest BCUT2D eigenvalue weighted by molar-refractivity contribution is 0.102. The van der Waals surface area contributed by atoms with Crippen LogP contribution >= 0.6 is 0 Å². The molecule has 32 heavy (non-hydrogen) atoms. The third-order valence-electron chi connectivity index (χ3n) is 5.48. The van der Waals surface area contributed by atoms with E-state index in [4.69, 9.17) is 14.0 Å². The molecule has 2 aromatic heterocycles. The first kappa shape index (κ1) is 20.1. The second-order valence-electron chi connectivity index (χ2n) is 7.85. The quantitative estimate of drug-likeness (QED) is 0.471. The van der Waals surface area contributed by atoms with E-state index in [9.17, 15) is 4.79 Å². The van der Waals surface area contributed by atoms with Crippen molar-refractivity contribution >= 4 is 22.7 Å². The van der Waals surface area contributed by atoms with Crippen LogP contribution in [0.1, 0.15) is 35.5 Å². The summed E-state index contributed by atoms with van der Waals surface area (Å²) >= 11 is 0. The highest BCUT2D eigenvalue weighted by Gasteiger charge is 2.24. The highest BCUT2D eigenvalue weighted by atomic mass is 16.5. The van der Waals surface area contributed by atoms with Crippen LogP contribution in [0.2, 0.25) is 0 Å². The Morgan fingerprint density at radius 2 is 2.03 bits per heavy atom. The molecular weight excluding hydrogens is 406 g/mol. The monoisotopic (exact) mass is 429 g/mol. The number of aromatic nitrogens is 2. The van der Waals surface area contributed by atoms with Crippen LogP contribution in [0.25, 0.3) is 22.4 Å². The second kappa shape index (κ2) is 8.00. The van der Waals surface area contributed by atoms with Gasteiger partial charge in [-0.2, -0.15) is 0 Å². The third kappa shape index (κ3) is 3.56. The van der Waals surface area contributed by atoms with E-state index in [0.717, 1.165) is 23.3 Å². The summed E-state index contributed by atoms with van der Waals surface area (Å²) in [7, 11) is 0. The molecule has 0 unspecified atom stereocenters. The van der Waals surface area contributed by atoms with Gasteiger partial charge in [0, 0.05) is 23.6 Å². The molecule has 0 saturated carbocycles. The molecule has 3 heterocycles. The molecule has 0 fully saturated rings. The van der Waals surface area contributed by atoms with E-state index in [2.05, 4.69) is 15.5 Å². The van der Waals surface area contributed by atoms with Gasteiger partial charge in [0.1, 0.15) is 17.6 Å². The highest BCUT2D eigenvalue weighted by Crippen LogP contribution is 2.38. The molecule has 2 aromatic carbocycles. The van der Waals surface area contributed by atoms with Crippen LogP contribution < -0.4 is 14.8 Å². The zero-order valence-corrected chi connectivity index (χ0v) is 18.1. The fourth-order valence-electron chi connectivity index (χ4n) is 4.03. The summed E-state index contributed by atoms with van der Waals surface area (Å²) in [6.45, 7) is 6.21. The Morgan fingerprint density at radius 1 is 1.22 bits per heavy atom. The van der Waals surface area contributed by atoms with Gasteiger partial charge in [0.15, 0.2) is 0 Å². The summed E-state index contributed by atoms with van der Waals surface area (Å²) in [6, 6.07) is 15.2. The minimum absolute atomic E-state index is 0.0957. The van der Waals surface area contributed by atoms with Crippen molar-refractivity contribution in [3.05, 3.63) is 65.4 Å². The number of benzene rings is 2. The number of nitrogens with one attached hydrogen (secondary N) is 1. The van der Waals surface area contributed by atoms with E-state index in [0.29, 0.717) is 46.1 Å². The molecule has 7 nitrogen and oxygen atoms in total. The van der Waals surface area contributed by atoms with Crippen molar-refractivity contribution in [3.8, 4) is 22.8 Å². The van der Waals surface area contributed by atoms with Gasteiger partial charge >= 0.3 is 0 Å². The average Bonchev–Trinajstić information content (AvgIpc) is 3.35. The van der Waals surface area contributed by atoms with Crippen molar-refractivity contribution in [3.63, 3.8) is 0 Å². The summed E-state index contributed by atoms with van der Waals surface area (Å²) in [5, 5.41) is 7.61. The molecule has 162 valence electrons. The summed E-state index contributed by atoms with van der Waals surface area (Å²) in [6.07, 6.45) is 0.910. The van der Waals surface area contributed by atoms with Gasteiger partial charge in [0.2, 0.25) is 0 Å². The standard InChI is InChI=1S/C25H23N3O4/c1-4-30-22-11-17-10-14(2)31-21(17)13-20(22)26-24(29)18-12-19(16-8-6-5-7-9-16)27-25-23(18)15(3)28-32-25/h5-9,11-14H,4,10H2,1-3H3,(H,26,29)/t14-/m0/s1. The Hall–Kier alpha value is -3.87. The lowest BCUT2D eigenvalue weighted by Gasteiger charge is -2.14. The Kier molecular flexibility index (Phi) is 5.01. The molecule has 1 N–H and O–H groups in total. The lowest BCUT2D eigenvalue weighted by Crippen LogP contribution is -2.14. The summed E-state index contributed by atoms with van der Waals surface area (Å²) in [4.78, 5) is 18.0. The molecule has 1 aliphatic rings. The topological polar surface area (TPSA) is 86.5 Å². The zero-order valence-electron chi connectivity index (χ0n) is 18.1. The van der Waals surface area contributed by atoms with Crippen molar-refractivity contribution in [1.29, 1.82) is 0 Å². The van der Waals surface area contributed by atoms with Crippen molar-refractivity contribution in [2.45, 2.75) is 33.3 Å². The molecule has 4 aromatic rings. The number of pyridine rings is 1. The maximum absolute atomic E-state index is 13.5. The number of ether oxygens (including phenoxy) is 2. The van der Waals surface area contributed by atoms with E-state index in [1.165, 1.54) is 0 Å². The minimum Gasteiger partial charge on any atom is -0.492 e. The number of anilines is 1. The first-order valence-electron chi connectivity index (χ1n) is 10.6. The second-order valence-corrected chi connectivity index (χ2v) is 7.85. The zero-order chi connectivity index (χ0) is 22.2. The lowest BCUT2D eigenvalue weighted by atomic mass is 10.0. The van der Waals surface area contributed by atoms with Crippen molar-refractivity contribution in [1.82, 2.24) is 10.1 Å². The molecule has 0 aliphatic carbocycles. The van der Waals surface area contributed by atoms with Gasteiger partial charge < -0.3 is 19.3 Å². The minimum atomic E-state index is -0.298. The van der Waals surface area contributed by atoms with Gasteiger partial charge in [-0.3, -0.25) is 4.79 Å². The molecule has 0 spiro atoms. The largest absolute Gasteiger partial charge is 0.492 e. The SMILES string of the molecule is CCOc1cc2c(cc1NC(=O)c1cc(-c3ccccc3)nc3onc(C)c13)O[C@@H](C)C2. The summed E-state index contributed by atoms with van der Waals surface area (Å²) in [5.74, 6) is 1.09. The van der Waals surface area contributed by atoms with Gasteiger partial charge in [-0.25, -0.2) is 4.98 Å². The van der Waals surface area contributed by atoms with Crippen molar-refractivity contribution in [2.24, 2.45) is 0 Å². The number of carbonyl (C=O) groups excluding carboxylic acids is 1. The van der Waals surface area contributed by atoms with Gasteiger partial charge in [-0.15, -0.1) is 0 Å². The number of hydrogen-bond donors (Lipinski definition) is 1. The number of hydrogen-bond acceptors (Lipinski definition) is 6. The predicted molar refractivity (Wildman–Crippen MR) is 121 cm³/mol. The van der Waals surface area contributed by atoms with Crippen molar-refractivity contribution < 1.29 is 18.8 Å². The molecular formula is C25H23N3O4. The van der Waals surface area contributed by atoms with E-state index >= 15 is 0 Å². The van der Waals surface area contributed by atoms with Gasteiger partial charge in [0.05, 0.1) is 34.6 Å². The van der Waals surface area contributed by atoms with Gasteiger partial charge in [-0.05, 0) is 32.9 Å². The van der Waals surface area contributed by atoms with Gasteiger partial charge in [-0.1, -0.05) is 35.5 Å². The first-order valence-corrected chi connectivity index (χ1v) is 10.6. The smallest absolute Gasteiger partial charge is 0.259 e. The van der Waals surface area contributed by atoms with Crippen LogP contribution in [0.3, 0.4) is 0 Å². The average molecular weight is 429 g/mol. The Labute approximate surface area is 185 Å². The van der Waals surface area contributed by atoms with E-state index in [1.54, 1.807) is 13.0 Å². The van der Waals surface area contributed by atoms with Crippen LogP contribution in [-0.2, 0) is 6.42 Å². The third-order valence-corrected chi connectivity index (χ3v) is 5.48. The van der Waals surface area contributed by atoms with E-state index < -0.39 is 0 Å². The first-order chi connectivity index (χ1) is 15.5. The maximum atomic E-state index is 13.5. The number of carbonyl (C=O) groups is 1. The molecule has 0 radical (unpaired) electrons.